The highest BCUT2D eigenvalue weighted by Crippen LogP contribution is 2.28. The molecule has 1 heterocycles. The van der Waals surface area contributed by atoms with E-state index in [1.165, 1.54) is 12.4 Å². The lowest BCUT2D eigenvalue weighted by Crippen LogP contribution is -2.11. The van der Waals surface area contributed by atoms with Gasteiger partial charge >= 0.3 is 0 Å². The van der Waals surface area contributed by atoms with Crippen molar-refractivity contribution in [1.82, 2.24) is 9.97 Å². The van der Waals surface area contributed by atoms with Crippen LogP contribution in [0.25, 0.3) is 0 Å². The summed E-state index contributed by atoms with van der Waals surface area (Å²) in [6, 6.07) is 13.3. The van der Waals surface area contributed by atoms with Crippen LogP contribution in [0.2, 0.25) is 0 Å². The van der Waals surface area contributed by atoms with Crippen molar-refractivity contribution in [2.45, 2.75) is 13.0 Å². The number of hydrogen-bond acceptors (Lipinski definition) is 5. The summed E-state index contributed by atoms with van der Waals surface area (Å²) in [5.74, 6) is -1.10. The minimum Gasteiger partial charge on any atom is -0.393 e. The normalized spacial score (nSPS) is 11.8. The SMILES string of the molecule is CC(Nc1ncnc(Nc2ccc(F)c(F)c2)c1N)c1ccccc1. The predicted molar refractivity (Wildman–Crippen MR) is 94.6 cm³/mol. The molecule has 0 spiro atoms. The van der Waals surface area contributed by atoms with E-state index in [0.29, 0.717) is 17.3 Å². The number of rotatable bonds is 5. The molecule has 4 N–H and O–H groups in total. The lowest BCUT2D eigenvalue weighted by Gasteiger charge is -2.17. The van der Waals surface area contributed by atoms with Crippen LogP contribution in [0.5, 0.6) is 0 Å². The Balaban J connectivity index is 1.81. The third-order valence-corrected chi connectivity index (χ3v) is 3.72. The first-order valence-electron chi connectivity index (χ1n) is 7.68. The maximum absolute atomic E-state index is 13.3. The van der Waals surface area contributed by atoms with Gasteiger partial charge in [-0.2, -0.15) is 0 Å². The second-order valence-corrected chi connectivity index (χ2v) is 5.52. The molecule has 3 aromatic rings. The standard InChI is InChI=1S/C18H17F2N5/c1-11(12-5-3-2-4-6-12)24-17-16(21)18(23-10-22-17)25-13-7-8-14(19)15(20)9-13/h2-11H,21H2,1H3,(H2,22,23,24,25). The molecule has 25 heavy (non-hydrogen) atoms. The fourth-order valence-electron chi connectivity index (χ4n) is 2.35. The summed E-state index contributed by atoms with van der Waals surface area (Å²) in [7, 11) is 0. The third-order valence-electron chi connectivity index (χ3n) is 3.72. The zero-order chi connectivity index (χ0) is 17.8. The van der Waals surface area contributed by atoms with E-state index in [0.717, 1.165) is 17.7 Å². The number of aromatic nitrogens is 2. The quantitative estimate of drug-likeness (QED) is 0.647. The van der Waals surface area contributed by atoms with E-state index in [4.69, 9.17) is 5.73 Å². The van der Waals surface area contributed by atoms with Crippen LogP contribution in [-0.4, -0.2) is 9.97 Å². The highest BCUT2D eigenvalue weighted by molar-refractivity contribution is 5.77. The smallest absolute Gasteiger partial charge is 0.160 e. The van der Waals surface area contributed by atoms with Gasteiger partial charge in [0.15, 0.2) is 23.3 Å². The number of benzene rings is 2. The highest BCUT2D eigenvalue weighted by Gasteiger charge is 2.12. The largest absolute Gasteiger partial charge is 0.393 e. The van der Waals surface area contributed by atoms with Crippen LogP contribution in [0.3, 0.4) is 0 Å². The molecule has 0 saturated heterocycles. The number of anilines is 4. The predicted octanol–water partition coefficient (Wildman–Crippen LogP) is 4.25. The van der Waals surface area contributed by atoms with Gasteiger partial charge in [-0.15, -0.1) is 0 Å². The molecule has 128 valence electrons. The van der Waals surface area contributed by atoms with Gasteiger partial charge < -0.3 is 16.4 Å². The number of nitrogen functional groups attached to an aromatic ring is 1. The van der Waals surface area contributed by atoms with Crippen molar-refractivity contribution < 1.29 is 8.78 Å². The first-order valence-corrected chi connectivity index (χ1v) is 7.68. The van der Waals surface area contributed by atoms with Gasteiger partial charge in [-0.25, -0.2) is 18.7 Å². The van der Waals surface area contributed by atoms with E-state index in [1.54, 1.807) is 0 Å². The number of nitrogens with one attached hydrogen (secondary N) is 2. The molecule has 0 aliphatic heterocycles. The van der Waals surface area contributed by atoms with Crippen LogP contribution in [0.4, 0.5) is 31.8 Å². The van der Waals surface area contributed by atoms with Crippen molar-refractivity contribution in [3.8, 4) is 0 Å². The average molecular weight is 341 g/mol. The lowest BCUT2D eigenvalue weighted by molar-refractivity contribution is 0.509. The van der Waals surface area contributed by atoms with Gasteiger partial charge in [-0.3, -0.25) is 0 Å². The van der Waals surface area contributed by atoms with E-state index < -0.39 is 11.6 Å². The first-order chi connectivity index (χ1) is 12.0. The van der Waals surface area contributed by atoms with Gasteiger partial charge in [0, 0.05) is 11.8 Å². The Morgan fingerprint density at radius 2 is 1.68 bits per heavy atom. The number of nitrogens with two attached hydrogens (primary N) is 1. The number of halogens is 2. The van der Waals surface area contributed by atoms with Gasteiger partial charge in [0.1, 0.15) is 12.0 Å². The minimum atomic E-state index is -0.950. The summed E-state index contributed by atoms with van der Waals surface area (Å²) in [5.41, 5.74) is 7.81. The van der Waals surface area contributed by atoms with Crippen molar-refractivity contribution in [1.29, 1.82) is 0 Å². The first kappa shape index (κ1) is 16.6. The zero-order valence-corrected chi connectivity index (χ0v) is 13.5. The molecule has 5 nitrogen and oxygen atoms in total. The molecule has 1 aromatic heterocycles. The molecule has 0 bridgehead atoms. The van der Waals surface area contributed by atoms with Crippen molar-refractivity contribution >= 4 is 23.0 Å². The molecule has 1 unspecified atom stereocenters. The average Bonchev–Trinajstić information content (AvgIpc) is 2.62. The van der Waals surface area contributed by atoms with Gasteiger partial charge in [0.05, 0.1) is 6.04 Å². The molecule has 2 aromatic carbocycles. The van der Waals surface area contributed by atoms with Crippen molar-refractivity contribution in [3.05, 3.63) is 72.1 Å². The lowest BCUT2D eigenvalue weighted by atomic mass is 10.1. The van der Waals surface area contributed by atoms with Gasteiger partial charge in [-0.1, -0.05) is 30.3 Å². The summed E-state index contributed by atoms with van der Waals surface area (Å²) in [4.78, 5) is 8.22. The van der Waals surface area contributed by atoms with Crippen LogP contribution in [-0.2, 0) is 0 Å². The number of hydrogen-bond donors (Lipinski definition) is 3. The fourth-order valence-corrected chi connectivity index (χ4v) is 2.35. The minimum absolute atomic E-state index is 0.0190. The Labute approximate surface area is 143 Å². The topological polar surface area (TPSA) is 75.9 Å². The van der Waals surface area contributed by atoms with E-state index in [9.17, 15) is 8.78 Å². The van der Waals surface area contributed by atoms with Gasteiger partial charge in [0.2, 0.25) is 0 Å². The van der Waals surface area contributed by atoms with Crippen LogP contribution >= 0.6 is 0 Å². The molecule has 0 amide bonds. The summed E-state index contributed by atoms with van der Waals surface area (Å²) in [5, 5.41) is 6.09. The summed E-state index contributed by atoms with van der Waals surface area (Å²) < 4.78 is 26.4. The molecule has 3 rings (SSSR count). The monoisotopic (exact) mass is 341 g/mol. The maximum atomic E-state index is 13.3. The third kappa shape index (κ3) is 3.82. The Morgan fingerprint density at radius 3 is 2.40 bits per heavy atom. The van der Waals surface area contributed by atoms with Gasteiger partial charge in [-0.05, 0) is 24.6 Å². The van der Waals surface area contributed by atoms with Crippen LogP contribution in [0.15, 0.2) is 54.9 Å². The molecule has 0 fully saturated rings. The second kappa shape index (κ2) is 7.12. The van der Waals surface area contributed by atoms with E-state index in [2.05, 4.69) is 20.6 Å². The Hall–Kier alpha value is -3.22. The summed E-state index contributed by atoms with van der Waals surface area (Å²) in [6.45, 7) is 1.99. The van der Waals surface area contributed by atoms with Crippen molar-refractivity contribution in [2.75, 3.05) is 16.4 Å². The van der Waals surface area contributed by atoms with Crippen LogP contribution in [0, 0.1) is 11.6 Å². The molecule has 1 atom stereocenters. The molecule has 0 aliphatic rings. The summed E-state index contributed by atoms with van der Waals surface area (Å²) in [6.07, 6.45) is 1.35. The fraction of sp³-hybridized carbons (Fsp3) is 0.111. The van der Waals surface area contributed by atoms with Crippen LogP contribution in [0.1, 0.15) is 18.5 Å². The maximum Gasteiger partial charge on any atom is 0.160 e. The molecule has 7 heteroatoms. The van der Waals surface area contributed by atoms with Gasteiger partial charge in [0.25, 0.3) is 0 Å². The molecular formula is C18H17F2N5. The van der Waals surface area contributed by atoms with E-state index in [-0.39, 0.29) is 11.7 Å². The van der Waals surface area contributed by atoms with Crippen molar-refractivity contribution in [2.24, 2.45) is 0 Å². The molecule has 0 radical (unpaired) electrons. The Bertz CT molecular complexity index is 871. The molecule has 0 saturated carbocycles. The number of nitrogens with zero attached hydrogens (tertiary/aromatic N) is 2. The zero-order valence-electron chi connectivity index (χ0n) is 13.5. The molecular weight excluding hydrogens is 324 g/mol. The Kier molecular flexibility index (Phi) is 4.74. The van der Waals surface area contributed by atoms with Crippen molar-refractivity contribution in [3.63, 3.8) is 0 Å². The summed E-state index contributed by atoms with van der Waals surface area (Å²) >= 11 is 0. The second-order valence-electron chi connectivity index (χ2n) is 5.52. The van der Waals surface area contributed by atoms with E-state index >= 15 is 0 Å². The van der Waals surface area contributed by atoms with Crippen LogP contribution < -0.4 is 16.4 Å². The van der Waals surface area contributed by atoms with E-state index in [1.807, 2.05) is 37.3 Å². The molecule has 0 aliphatic carbocycles. The highest BCUT2D eigenvalue weighted by atomic mass is 19.2. The Morgan fingerprint density at radius 1 is 0.960 bits per heavy atom.